The van der Waals surface area contributed by atoms with E-state index in [1.807, 2.05) is 0 Å². The van der Waals surface area contributed by atoms with E-state index in [1.165, 1.54) is 32.1 Å². The summed E-state index contributed by atoms with van der Waals surface area (Å²) in [5.74, 6) is -0.177. The maximum atomic E-state index is 12.4. The number of hydrogen-bond acceptors (Lipinski definition) is 2. The number of carboxylic acids is 1. The van der Waals surface area contributed by atoms with E-state index in [-0.39, 0.29) is 11.8 Å². The fourth-order valence-corrected chi connectivity index (χ4v) is 4.00. The molecule has 0 aromatic heterocycles. The van der Waals surface area contributed by atoms with Gasteiger partial charge in [0.1, 0.15) is 5.78 Å². The predicted octanol–water partition coefficient (Wildman–Crippen LogP) is 4.20. The number of Topliss-reactive ketones (excluding diaryl/α,β-unsaturated/α-hetero) is 1. The van der Waals surface area contributed by atoms with Crippen LogP contribution in [0, 0.1) is 17.8 Å². The zero-order valence-corrected chi connectivity index (χ0v) is 12.5. The second kappa shape index (κ2) is 7.80. The summed E-state index contributed by atoms with van der Waals surface area (Å²) < 4.78 is 0. The Kier molecular flexibility index (Phi) is 6.06. The topological polar surface area (TPSA) is 54.4 Å². The Labute approximate surface area is 122 Å². The monoisotopic (exact) mass is 280 g/mol. The third kappa shape index (κ3) is 4.32. The minimum absolute atomic E-state index is 0.0227. The third-order valence-electron chi connectivity index (χ3n) is 5.25. The molecule has 2 aliphatic rings. The summed E-state index contributed by atoms with van der Waals surface area (Å²) in [5, 5.41) is 9.35. The van der Waals surface area contributed by atoms with E-state index in [9.17, 15) is 14.7 Å². The molecule has 20 heavy (non-hydrogen) atoms. The van der Waals surface area contributed by atoms with Crippen LogP contribution in [0.4, 0.5) is 0 Å². The number of carbonyl (C=O) groups excluding carboxylic acids is 1. The second-order valence-electron chi connectivity index (χ2n) is 6.69. The highest BCUT2D eigenvalue weighted by molar-refractivity contribution is 5.82. The summed E-state index contributed by atoms with van der Waals surface area (Å²) in [4.78, 5) is 23.8. The lowest BCUT2D eigenvalue weighted by Gasteiger charge is -2.31. The van der Waals surface area contributed by atoms with Gasteiger partial charge < -0.3 is 5.11 Å². The summed E-state index contributed by atoms with van der Waals surface area (Å²) in [6, 6.07) is 0. The van der Waals surface area contributed by atoms with Gasteiger partial charge in [0.05, 0.1) is 5.92 Å². The van der Waals surface area contributed by atoms with E-state index in [2.05, 4.69) is 0 Å². The Morgan fingerprint density at radius 2 is 1.50 bits per heavy atom. The second-order valence-corrected chi connectivity index (χ2v) is 6.69. The molecule has 0 amide bonds. The van der Waals surface area contributed by atoms with Gasteiger partial charge in [-0.3, -0.25) is 9.59 Å². The van der Waals surface area contributed by atoms with E-state index in [0.717, 1.165) is 32.1 Å². The fraction of sp³-hybridized carbons (Fsp3) is 0.882. The van der Waals surface area contributed by atoms with Crippen molar-refractivity contribution in [2.75, 3.05) is 0 Å². The average Bonchev–Trinajstić information content (AvgIpc) is 2.35. The smallest absolute Gasteiger partial charge is 0.306 e. The SMILES string of the molecule is O=C1CCCC[C@@H](C(=O)O)CC1C1CCCCCCC1. The summed E-state index contributed by atoms with van der Waals surface area (Å²) in [5.41, 5.74) is 0. The maximum Gasteiger partial charge on any atom is 0.306 e. The minimum atomic E-state index is -0.699. The molecule has 3 heteroatoms. The van der Waals surface area contributed by atoms with Gasteiger partial charge in [0, 0.05) is 12.3 Å². The first-order valence-corrected chi connectivity index (χ1v) is 8.44. The Morgan fingerprint density at radius 3 is 2.15 bits per heavy atom. The molecule has 2 rings (SSSR count). The van der Waals surface area contributed by atoms with Gasteiger partial charge in [-0.1, -0.05) is 38.5 Å². The average molecular weight is 280 g/mol. The molecule has 0 spiro atoms. The van der Waals surface area contributed by atoms with Crippen LogP contribution in [0.25, 0.3) is 0 Å². The number of hydrogen-bond donors (Lipinski definition) is 1. The summed E-state index contributed by atoms with van der Waals surface area (Å²) in [6.45, 7) is 0. The van der Waals surface area contributed by atoms with E-state index in [4.69, 9.17) is 0 Å². The summed E-state index contributed by atoms with van der Waals surface area (Å²) in [7, 11) is 0. The number of aliphatic carboxylic acids is 1. The number of rotatable bonds is 2. The molecule has 2 saturated carbocycles. The van der Waals surface area contributed by atoms with Crippen LogP contribution in [0.1, 0.15) is 77.0 Å². The first-order chi connectivity index (χ1) is 9.68. The molecule has 2 aliphatic carbocycles. The van der Waals surface area contributed by atoms with Gasteiger partial charge in [0.25, 0.3) is 0 Å². The molecular weight excluding hydrogens is 252 g/mol. The zero-order valence-electron chi connectivity index (χ0n) is 12.5. The van der Waals surface area contributed by atoms with E-state index in [0.29, 0.717) is 24.5 Å². The summed E-state index contributed by atoms with van der Waals surface area (Å²) >= 11 is 0. The Balaban J connectivity index is 2.05. The molecule has 0 saturated heterocycles. The highest BCUT2D eigenvalue weighted by atomic mass is 16.4. The summed E-state index contributed by atoms with van der Waals surface area (Å²) in [6.07, 6.45) is 12.4. The molecule has 0 aromatic rings. The standard InChI is InChI=1S/C17H28O3/c18-16-11-7-6-10-14(17(19)20)12-15(16)13-8-4-2-1-3-5-9-13/h13-15H,1-12H2,(H,19,20)/t14-,15?/m1/s1. The highest BCUT2D eigenvalue weighted by Crippen LogP contribution is 2.36. The first kappa shape index (κ1) is 15.5. The Morgan fingerprint density at radius 1 is 0.900 bits per heavy atom. The van der Waals surface area contributed by atoms with Crippen LogP contribution in [0.15, 0.2) is 0 Å². The Bertz CT molecular complexity index is 329. The van der Waals surface area contributed by atoms with Crippen molar-refractivity contribution >= 4 is 11.8 Å². The molecular formula is C17H28O3. The molecule has 0 radical (unpaired) electrons. The maximum absolute atomic E-state index is 12.4. The number of carboxylic acid groups (broad SMARTS) is 1. The van der Waals surface area contributed by atoms with Crippen molar-refractivity contribution in [3.8, 4) is 0 Å². The minimum Gasteiger partial charge on any atom is -0.481 e. The normalized spacial score (nSPS) is 30.9. The van der Waals surface area contributed by atoms with Gasteiger partial charge in [-0.05, 0) is 38.0 Å². The highest BCUT2D eigenvalue weighted by Gasteiger charge is 2.33. The lowest BCUT2D eigenvalue weighted by molar-refractivity contribution is -0.143. The largest absolute Gasteiger partial charge is 0.481 e. The van der Waals surface area contributed by atoms with Gasteiger partial charge in [0.15, 0.2) is 0 Å². The van der Waals surface area contributed by atoms with Crippen molar-refractivity contribution in [3.63, 3.8) is 0 Å². The third-order valence-corrected chi connectivity index (χ3v) is 5.25. The predicted molar refractivity (Wildman–Crippen MR) is 78.5 cm³/mol. The number of ketones is 1. The van der Waals surface area contributed by atoms with Crippen molar-refractivity contribution in [1.29, 1.82) is 0 Å². The van der Waals surface area contributed by atoms with Crippen molar-refractivity contribution in [3.05, 3.63) is 0 Å². The van der Waals surface area contributed by atoms with Gasteiger partial charge in [-0.15, -0.1) is 0 Å². The van der Waals surface area contributed by atoms with Crippen LogP contribution in [-0.2, 0) is 9.59 Å². The molecule has 1 N–H and O–H groups in total. The van der Waals surface area contributed by atoms with Crippen molar-refractivity contribution in [2.24, 2.45) is 17.8 Å². The lowest BCUT2D eigenvalue weighted by Crippen LogP contribution is -2.31. The molecule has 2 atom stereocenters. The van der Waals surface area contributed by atoms with Gasteiger partial charge in [-0.25, -0.2) is 0 Å². The zero-order chi connectivity index (χ0) is 14.4. The van der Waals surface area contributed by atoms with Crippen molar-refractivity contribution in [2.45, 2.75) is 77.0 Å². The van der Waals surface area contributed by atoms with Crippen LogP contribution in [0.3, 0.4) is 0 Å². The Hall–Kier alpha value is -0.860. The van der Waals surface area contributed by atoms with E-state index >= 15 is 0 Å². The molecule has 0 heterocycles. The van der Waals surface area contributed by atoms with Crippen LogP contribution < -0.4 is 0 Å². The fourth-order valence-electron chi connectivity index (χ4n) is 4.00. The number of carbonyl (C=O) groups is 2. The van der Waals surface area contributed by atoms with Crippen molar-refractivity contribution < 1.29 is 14.7 Å². The van der Waals surface area contributed by atoms with Crippen molar-refractivity contribution in [1.82, 2.24) is 0 Å². The molecule has 0 bridgehead atoms. The van der Waals surface area contributed by atoms with E-state index < -0.39 is 5.97 Å². The van der Waals surface area contributed by atoms with Crippen LogP contribution in [-0.4, -0.2) is 16.9 Å². The molecule has 0 aromatic carbocycles. The van der Waals surface area contributed by atoms with E-state index in [1.54, 1.807) is 0 Å². The van der Waals surface area contributed by atoms with Crippen LogP contribution >= 0.6 is 0 Å². The molecule has 2 fully saturated rings. The molecule has 0 aliphatic heterocycles. The molecule has 114 valence electrons. The molecule has 1 unspecified atom stereocenters. The lowest BCUT2D eigenvalue weighted by atomic mass is 9.73. The van der Waals surface area contributed by atoms with Gasteiger partial charge in [-0.2, -0.15) is 0 Å². The molecule has 3 nitrogen and oxygen atoms in total. The van der Waals surface area contributed by atoms with Crippen LogP contribution in [0.5, 0.6) is 0 Å². The quantitative estimate of drug-likeness (QED) is 0.825. The van der Waals surface area contributed by atoms with Crippen LogP contribution in [0.2, 0.25) is 0 Å². The van der Waals surface area contributed by atoms with Gasteiger partial charge >= 0.3 is 5.97 Å². The first-order valence-electron chi connectivity index (χ1n) is 8.44. The van der Waals surface area contributed by atoms with Gasteiger partial charge in [0.2, 0.25) is 0 Å².